The van der Waals surface area contributed by atoms with Crippen LogP contribution in [0.4, 0.5) is 4.39 Å². The van der Waals surface area contributed by atoms with Crippen LogP contribution >= 0.6 is 0 Å². The van der Waals surface area contributed by atoms with Crippen LogP contribution in [0.15, 0.2) is 12.3 Å². The molecule has 0 amide bonds. The van der Waals surface area contributed by atoms with Gasteiger partial charge in [-0.15, -0.1) is 0 Å². The van der Waals surface area contributed by atoms with E-state index in [1.165, 1.54) is 0 Å². The summed E-state index contributed by atoms with van der Waals surface area (Å²) in [5.41, 5.74) is 0.143. The second-order valence-electron chi connectivity index (χ2n) is 1.95. The van der Waals surface area contributed by atoms with Gasteiger partial charge in [0.1, 0.15) is 11.5 Å². The van der Waals surface area contributed by atoms with Gasteiger partial charge in [-0.05, 0) is 6.92 Å². The van der Waals surface area contributed by atoms with Crippen LogP contribution in [0.5, 0.6) is 0 Å². The SMILES string of the molecule is CCOC(=O)c1cc(F)c[nH]1. The number of carbonyl (C=O) groups excluding carboxylic acids is 1. The van der Waals surface area contributed by atoms with E-state index in [1.54, 1.807) is 6.92 Å². The van der Waals surface area contributed by atoms with Crippen molar-refractivity contribution >= 4 is 5.97 Å². The third-order valence-electron chi connectivity index (χ3n) is 1.14. The van der Waals surface area contributed by atoms with Crippen molar-refractivity contribution in [3.05, 3.63) is 23.8 Å². The molecule has 1 aromatic heterocycles. The first-order chi connectivity index (χ1) is 5.24. The molecular formula is C7H8FNO2. The van der Waals surface area contributed by atoms with Crippen molar-refractivity contribution in [2.24, 2.45) is 0 Å². The predicted molar refractivity (Wildman–Crippen MR) is 36.7 cm³/mol. The quantitative estimate of drug-likeness (QED) is 0.658. The highest BCUT2D eigenvalue weighted by molar-refractivity contribution is 5.87. The molecule has 0 spiro atoms. The van der Waals surface area contributed by atoms with E-state index in [9.17, 15) is 9.18 Å². The monoisotopic (exact) mass is 157 g/mol. The molecule has 0 radical (unpaired) electrons. The third kappa shape index (κ3) is 1.80. The number of aromatic nitrogens is 1. The summed E-state index contributed by atoms with van der Waals surface area (Å²) < 4.78 is 16.9. The summed E-state index contributed by atoms with van der Waals surface area (Å²) in [6, 6.07) is 1.10. The van der Waals surface area contributed by atoms with Gasteiger partial charge in [0.2, 0.25) is 0 Å². The molecule has 0 saturated heterocycles. The molecule has 1 heterocycles. The first kappa shape index (κ1) is 7.78. The van der Waals surface area contributed by atoms with Gasteiger partial charge in [0.15, 0.2) is 0 Å². The largest absolute Gasteiger partial charge is 0.461 e. The predicted octanol–water partition coefficient (Wildman–Crippen LogP) is 1.33. The molecule has 0 saturated carbocycles. The van der Waals surface area contributed by atoms with Gasteiger partial charge in [0.25, 0.3) is 0 Å². The first-order valence-corrected chi connectivity index (χ1v) is 3.25. The zero-order valence-electron chi connectivity index (χ0n) is 6.06. The first-order valence-electron chi connectivity index (χ1n) is 3.25. The maximum absolute atomic E-state index is 12.3. The Hall–Kier alpha value is -1.32. The Balaban J connectivity index is 2.69. The van der Waals surface area contributed by atoms with Crippen LogP contribution in [-0.2, 0) is 4.74 Å². The van der Waals surface area contributed by atoms with Crippen LogP contribution in [0.3, 0.4) is 0 Å². The van der Waals surface area contributed by atoms with Gasteiger partial charge >= 0.3 is 5.97 Å². The minimum absolute atomic E-state index is 0.143. The van der Waals surface area contributed by atoms with E-state index in [1.807, 2.05) is 0 Å². The Bertz CT molecular complexity index is 257. The van der Waals surface area contributed by atoms with Crippen molar-refractivity contribution in [3.63, 3.8) is 0 Å². The molecule has 0 aliphatic carbocycles. The molecule has 1 N–H and O–H groups in total. The summed E-state index contributed by atoms with van der Waals surface area (Å²) >= 11 is 0. The van der Waals surface area contributed by atoms with Gasteiger partial charge in [-0.3, -0.25) is 0 Å². The van der Waals surface area contributed by atoms with Crippen molar-refractivity contribution in [1.29, 1.82) is 0 Å². The van der Waals surface area contributed by atoms with Crippen LogP contribution in [0.1, 0.15) is 17.4 Å². The number of H-pyrrole nitrogens is 1. The Morgan fingerprint density at radius 1 is 1.82 bits per heavy atom. The molecule has 0 aliphatic heterocycles. The second kappa shape index (κ2) is 3.18. The lowest BCUT2D eigenvalue weighted by atomic mass is 10.4. The summed E-state index contributed by atoms with van der Waals surface area (Å²) in [5.74, 6) is -0.996. The molecule has 3 nitrogen and oxygen atoms in total. The minimum atomic E-state index is -0.531. The van der Waals surface area contributed by atoms with Gasteiger partial charge in [-0.25, -0.2) is 9.18 Å². The Labute approximate surface area is 63.2 Å². The number of rotatable bonds is 2. The topological polar surface area (TPSA) is 42.1 Å². The lowest BCUT2D eigenvalue weighted by molar-refractivity contribution is 0.0520. The van der Waals surface area contributed by atoms with Gasteiger partial charge in [0, 0.05) is 12.3 Å². The van der Waals surface area contributed by atoms with Crippen molar-refractivity contribution in [2.75, 3.05) is 6.61 Å². The van der Waals surface area contributed by atoms with Crippen LogP contribution in [-0.4, -0.2) is 17.6 Å². The fourth-order valence-electron chi connectivity index (χ4n) is 0.695. The summed E-state index contributed by atoms with van der Waals surface area (Å²) in [5, 5.41) is 0. The van der Waals surface area contributed by atoms with E-state index in [0.717, 1.165) is 12.3 Å². The number of aromatic amines is 1. The van der Waals surface area contributed by atoms with Crippen molar-refractivity contribution in [1.82, 2.24) is 4.98 Å². The highest BCUT2D eigenvalue weighted by Gasteiger charge is 2.07. The van der Waals surface area contributed by atoms with E-state index in [-0.39, 0.29) is 5.69 Å². The van der Waals surface area contributed by atoms with Crippen molar-refractivity contribution in [3.8, 4) is 0 Å². The fraction of sp³-hybridized carbons (Fsp3) is 0.286. The average molecular weight is 157 g/mol. The summed E-state index contributed by atoms with van der Waals surface area (Å²) in [6.45, 7) is 1.98. The number of esters is 1. The van der Waals surface area contributed by atoms with Gasteiger partial charge in [0.05, 0.1) is 6.61 Å². The van der Waals surface area contributed by atoms with E-state index in [0.29, 0.717) is 6.61 Å². The Morgan fingerprint density at radius 2 is 2.55 bits per heavy atom. The molecule has 0 unspecified atom stereocenters. The molecule has 4 heteroatoms. The van der Waals surface area contributed by atoms with E-state index < -0.39 is 11.8 Å². The smallest absolute Gasteiger partial charge is 0.354 e. The van der Waals surface area contributed by atoms with Crippen molar-refractivity contribution < 1.29 is 13.9 Å². The van der Waals surface area contributed by atoms with Crippen molar-refractivity contribution in [2.45, 2.75) is 6.92 Å². The summed E-state index contributed by atoms with van der Waals surface area (Å²) in [6.07, 6.45) is 1.10. The number of ether oxygens (including phenoxy) is 1. The molecule has 0 atom stereocenters. The number of nitrogens with one attached hydrogen (secondary N) is 1. The minimum Gasteiger partial charge on any atom is -0.461 e. The lowest BCUT2D eigenvalue weighted by Crippen LogP contribution is -2.04. The highest BCUT2D eigenvalue weighted by Crippen LogP contribution is 2.02. The molecule has 1 rings (SSSR count). The number of hydrogen-bond acceptors (Lipinski definition) is 2. The summed E-state index contributed by atoms with van der Waals surface area (Å²) in [7, 11) is 0. The van der Waals surface area contributed by atoms with Crippen LogP contribution in [0.2, 0.25) is 0 Å². The molecule has 0 fully saturated rings. The molecule has 0 aromatic carbocycles. The molecule has 11 heavy (non-hydrogen) atoms. The third-order valence-corrected chi connectivity index (χ3v) is 1.14. The maximum atomic E-state index is 12.3. The van der Waals surface area contributed by atoms with E-state index in [4.69, 9.17) is 0 Å². The standard InChI is InChI=1S/C7H8FNO2/c1-2-11-7(10)6-3-5(8)4-9-6/h3-4,9H,2H2,1H3. The molecular weight excluding hydrogens is 149 g/mol. The van der Waals surface area contributed by atoms with Crippen LogP contribution in [0, 0.1) is 5.82 Å². The lowest BCUT2D eigenvalue weighted by Gasteiger charge is -1.96. The molecule has 60 valence electrons. The fourth-order valence-corrected chi connectivity index (χ4v) is 0.695. The van der Waals surface area contributed by atoms with E-state index >= 15 is 0 Å². The molecule has 1 aromatic rings. The molecule has 0 bridgehead atoms. The Kier molecular flexibility index (Phi) is 2.25. The average Bonchev–Trinajstić information content (AvgIpc) is 2.36. The van der Waals surface area contributed by atoms with E-state index in [2.05, 4.69) is 9.72 Å². The van der Waals surface area contributed by atoms with Gasteiger partial charge in [-0.2, -0.15) is 0 Å². The Morgan fingerprint density at radius 3 is 3.00 bits per heavy atom. The van der Waals surface area contributed by atoms with Gasteiger partial charge in [-0.1, -0.05) is 0 Å². The summed E-state index contributed by atoms with van der Waals surface area (Å²) in [4.78, 5) is 13.3. The van der Waals surface area contributed by atoms with Crippen LogP contribution < -0.4 is 0 Å². The number of halogens is 1. The second-order valence-corrected chi connectivity index (χ2v) is 1.95. The zero-order valence-corrected chi connectivity index (χ0v) is 6.06. The normalized spacial score (nSPS) is 9.64. The highest BCUT2D eigenvalue weighted by atomic mass is 19.1. The maximum Gasteiger partial charge on any atom is 0.354 e. The van der Waals surface area contributed by atoms with Crippen LogP contribution in [0.25, 0.3) is 0 Å². The zero-order chi connectivity index (χ0) is 8.27. The number of carbonyl (C=O) groups is 1. The number of hydrogen-bond donors (Lipinski definition) is 1. The molecule has 0 aliphatic rings. The van der Waals surface area contributed by atoms with Gasteiger partial charge < -0.3 is 9.72 Å².